The third kappa shape index (κ3) is 11.5. The highest BCUT2D eigenvalue weighted by molar-refractivity contribution is 7.27. The zero-order valence-electron chi connectivity index (χ0n) is 66.3. The quantitative estimate of drug-likeness (QED) is 0.109. The Bertz CT molecular complexity index is 8990. The lowest BCUT2D eigenvalue weighted by Gasteiger charge is -2.13. The largest absolute Gasteiger partial charge is 0.309 e. The van der Waals surface area contributed by atoms with Gasteiger partial charge in [-0.25, -0.2) is 49.8 Å². The van der Waals surface area contributed by atoms with Crippen LogP contribution in [0.1, 0.15) is 0 Å². The molecule has 9 heterocycles. The zero-order valence-corrected chi connectivity index (χ0v) is 69.5. The molecule has 125 heavy (non-hydrogen) atoms. The summed E-state index contributed by atoms with van der Waals surface area (Å²) in [5.41, 5.74) is 18.3. The van der Waals surface area contributed by atoms with Gasteiger partial charge in [-0.05, 0) is 116 Å². The first kappa shape index (κ1) is 71.1. The highest BCUT2D eigenvalue weighted by Crippen LogP contribution is 2.50. The van der Waals surface area contributed by atoms with Crippen molar-refractivity contribution in [3.8, 4) is 130 Å². The summed E-state index contributed by atoms with van der Waals surface area (Å²) in [7, 11) is 0. The van der Waals surface area contributed by atoms with Gasteiger partial charge in [-0.2, -0.15) is 0 Å². The van der Waals surface area contributed by atoms with Crippen LogP contribution in [-0.4, -0.2) is 54.4 Å². The number of nitrogens with zero attached hydrogens (tertiary/aromatic N) is 11. The third-order valence-corrected chi connectivity index (χ3v) is 29.1. The lowest BCUT2D eigenvalue weighted by atomic mass is 9.93. The molecule has 0 unspecified atom stereocenters. The molecule has 0 aliphatic rings. The van der Waals surface area contributed by atoms with Gasteiger partial charge in [0, 0.05) is 133 Å². The van der Waals surface area contributed by atoms with Crippen LogP contribution in [0, 0.1) is 0 Å². The normalized spacial score (nSPS) is 12.0. The third-order valence-electron chi connectivity index (χ3n) is 24.3. The first-order valence-electron chi connectivity index (χ1n) is 41.5. The second-order valence-electron chi connectivity index (χ2n) is 31.5. The number of aromatic nitrogens is 11. The van der Waals surface area contributed by atoms with Gasteiger partial charge in [0.05, 0.1) is 42.9 Å². The molecular formula is C110H61N11S4. The molecule has 0 bridgehead atoms. The predicted molar refractivity (Wildman–Crippen MR) is 523 cm³/mol. The van der Waals surface area contributed by atoms with E-state index >= 15 is 0 Å². The highest BCUT2D eigenvalue weighted by Gasteiger charge is 2.28. The summed E-state index contributed by atoms with van der Waals surface area (Å²) in [6.45, 7) is 0. The van der Waals surface area contributed by atoms with E-state index < -0.39 is 0 Å². The van der Waals surface area contributed by atoms with Crippen molar-refractivity contribution in [3.63, 3.8) is 0 Å². The smallest absolute Gasteiger partial charge is 0.164 e. The fraction of sp³-hybridized carbons (Fsp3) is 0. The van der Waals surface area contributed by atoms with Crippen LogP contribution in [0.25, 0.3) is 266 Å². The van der Waals surface area contributed by atoms with E-state index in [4.69, 9.17) is 49.8 Å². The van der Waals surface area contributed by atoms with Crippen LogP contribution < -0.4 is 0 Å². The van der Waals surface area contributed by atoms with Crippen molar-refractivity contribution in [2.75, 3.05) is 0 Å². The maximum atomic E-state index is 5.74. The van der Waals surface area contributed by atoms with Crippen LogP contribution in [0.3, 0.4) is 0 Å². The molecule has 0 amide bonds. The van der Waals surface area contributed by atoms with E-state index in [2.05, 4.69) is 338 Å². The summed E-state index contributed by atoms with van der Waals surface area (Å²) in [5, 5.41) is 15.8. The van der Waals surface area contributed by atoms with Crippen LogP contribution in [0.4, 0.5) is 0 Å². The monoisotopic (exact) mass is 1660 g/mol. The number of rotatable bonds is 12. The maximum absolute atomic E-state index is 5.74. The van der Waals surface area contributed by atoms with Crippen molar-refractivity contribution in [3.05, 3.63) is 370 Å². The van der Waals surface area contributed by atoms with Gasteiger partial charge < -0.3 is 4.57 Å². The molecule has 0 saturated heterocycles. The van der Waals surface area contributed by atoms with E-state index in [-0.39, 0.29) is 0 Å². The van der Waals surface area contributed by atoms with Crippen molar-refractivity contribution in [1.29, 1.82) is 0 Å². The molecule has 0 aliphatic carbocycles. The number of para-hydroxylation sites is 1. The van der Waals surface area contributed by atoms with E-state index in [9.17, 15) is 0 Å². The fourth-order valence-corrected chi connectivity index (χ4v) is 23.5. The second kappa shape index (κ2) is 28.5. The van der Waals surface area contributed by atoms with Crippen LogP contribution in [0.15, 0.2) is 370 Å². The molecule has 26 rings (SSSR count). The molecule has 580 valence electrons. The minimum Gasteiger partial charge on any atom is -0.309 e. The summed E-state index contributed by atoms with van der Waals surface area (Å²) in [4.78, 5) is 54.8. The molecule has 0 spiro atoms. The number of hydrogen-bond donors (Lipinski definition) is 0. The van der Waals surface area contributed by atoms with E-state index in [1.165, 1.54) is 31.6 Å². The number of benzene rings is 17. The Labute approximate surface area is 729 Å². The van der Waals surface area contributed by atoms with Crippen molar-refractivity contribution < 1.29 is 0 Å². The minimum atomic E-state index is 0.572. The van der Waals surface area contributed by atoms with Gasteiger partial charge >= 0.3 is 0 Å². The fourth-order valence-electron chi connectivity index (χ4n) is 18.7. The van der Waals surface area contributed by atoms with E-state index in [1.54, 1.807) is 45.3 Å². The van der Waals surface area contributed by atoms with Crippen molar-refractivity contribution in [1.82, 2.24) is 54.4 Å². The molecule has 0 aliphatic heterocycles. The SMILES string of the molecule is c1ccc(-c2nc(-c3ccc4c5ccccc5c5ccccc5c4c3)nc(-c3cccc4sc5c(-c6nc(-c7cccc(-c8cccc(-n9c%10ccccc%10c%10c(-c%11nc(-c%12ccccc%12)nc(-c%12cccc%13sc%14c(-c%15nc(-c%16ccccc%16)c%16sc%17ccccc%17c%16n%15)cccc%14c%12%13)n%11)cccc%109)c8)c7)c7sc8ccccc8c7n6)cccc5c34)n2)cc1. The van der Waals surface area contributed by atoms with Gasteiger partial charge in [0.15, 0.2) is 46.6 Å². The Balaban J connectivity index is 0.580. The molecule has 0 atom stereocenters. The standard InChI is InChI=1S/C110H61N11S4/c1-4-27-62(28-5-1)95-101-97(76-42-15-18-53-88(76)122-101)113-109(111-95)83-49-22-45-79-94-82(48-26-56-91(94)125-99(79)83)108-118-104(64-31-8-3-9-32-64)117-106(120-108)80-46-24-52-87-92(80)75-41-14-17-51-86(75)121(87)69-36-21-34-66(60-69)65-33-20-35-67(59-65)96-102-98(77-43-16-19-54-89(77)123-102)114-110(112-96)84-50-23-44-78-93-81(47-25-55-90(93)124-100(78)84)107-116-103(63-29-6-2-7-30-63)115-105(119-107)68-57-58-74-72-39-11-10-37-70(72)71-38-12-13-40-73(71)85(74)61-68/h1-61H. The summed E-state index contributed by atoms with van der Waals surface area (Å²) >= 11 is 6.98. The topological polar surface area (TPSA) is 134 Å². The Morgan fingerprint density at radius 1 is 0.176 bits per heavy atom. The lowest BCUT2D eigenvalue weighted by molar-refractivity contribution is 1.08. The Morgan fingerprint density at radius 2 is 0.528 bits per heavy atom. The molecule has 0 radical (unpaired) electrons. The molecule has 0 saturated carbocycles. The summed E-state index contributed by atoms with van der Waals surface area (Å²) < 4.78 is 11.2. The van der Waals surface area contributed by atoms with Crippen molar-refractivity contribution in [2.45, 2.75) is 0 Å². The van der Waals surface area contributed by atoms with Crippen LogP contribution >= 0.6 is 45.3 Å². The molecule has 17 aromatic carbocycles. The van der Waals surface area contributed by atoms with Crippen molar-refractivity contribution in [2.24, 2.45) is 0 Å². The van der Waals surface area contributed by atoms with Gasteiger partial charge in [-0.3, -0.25) is 0 Å². The summed E-state index contributed by atoms with van der Waals surface area (Å²) in [6.07, 6.45) is 0. The first-order chi connectivity index (χ1) is 61.9. The van der Waals surface area contributed by atoms with E-state index in [0.29, 0.717) is 46.6 Å². The molecule has 11 nitrogen and oxygen atoms in total. The van der Waals surface area contributed by atoms with Crippen LogP contribution in [0.5, 0.6) is 0 Å². The van der Waals surface area contributed by atoms with Crippen LogP contribution in [0.2, 0.25) is 0 Å². The molecule has 0 fully saturated rings. The number of fused-ring (bicyclic) bond motifs is 21. The summed E-state index contributed by atoms with van der Waals surface area (Å²) in [5.74, 6) is 4.86. The first-order valence-corrected chi connectivity index (χ1v) is 44.8. The molecular weight excluding hydrogens is 1600 g/mol. The summed E-state index contributed by atoms with van der Waals surface area (Å²) in [6, 6.07) is 131. The highest BCUT2D eigenvalue weighted by atomic mass is 32.1. The predicted octanol–water partition coefficient (Wildman–Crippen LogP) is 30.0. The van der Waals surface area contributed by atoms with Crippen LogP contribution in [-0.2, 0) is 0 Å². The van der Waals surface area contributed by atoms with Gasteiger partial charge in [-0.1, -0.05) is 297 Å². The van der Waals surface area contributed by atoms with Gasteiger partial charge in [-0.15, -0.1) is 45.3 Å². The zero-order chi connectivity index (χ0) is 81.9. The molecule has 9 aromatic heterocycles. The minimum absolute atomic E-state index is 0.572. The van der Waals surface area contributed by atoms with E-state index in [1.807, 2.05) is 36.4 Å². The molecule has 0 N–H and O–H groups in total. The van der Waals surface area contributed by atoms with Gasteiger partial charge in [0.25, 0.3) is 0 Å². The lowest BCUT2D eigenvalue weighted by Crippen LogP contribution is -2.01. The average Bonchev–Trinajstić information content (AvgIpc) is 1.72. The second-order valence-corrected chi connectivity index (χ2v) is 35.7. The Hall–Kier alpha value is -15.6. The van der Waals surface area contributed by atoms with Gasteiger partial charge in [0.2, 0.25) is 0 Å². The molecule has 15 heteroatoms. The number of thiophene rings is 4. The maximum Gasteiger partial charge on any atom is 0.164 e. The number of hydrogen-bond acceptors (Lipinski definition) is 14. The average molecular weight is 1670 g/mol. The van der Waals surface area contributed by atoms with E-state index in [0.717, 1.165) is 187 Å². The van der Waals surface area contributed by atoms with Gasteiger partial charge in [0.1, 0.15) is 0 Å². The Morgan fingerprint density at radius 3 is 1.09 bits per heavy atom. The Kier molecular flexibility index (Phi) is 16.2. The van der Waals surface area contributed by atoms with Crippen molar-refractivity contribution >= 4 is 180 Å². The molecule has 26 aromatic rings.